The molecule has 0 spiro atoms. The SMILES string of the molecule is CCOC(=O)[C@@]1(Cc2cccc(Cl)c2)CCCN(C(=O)C2CC2)C1. The second-order valence-electron chi connectivity index (χ2n) is 6.95. The molecule has 24 heavy (non-hydrogen) atoms. The van der Waals surface area contributed by atoms with E-state index in [9.17, 15) is 9.59 Å². The smallest absolute Gasteiger partial charge is 0.314 e. The lowest BCUT2D eigenvalue weighted by molar-refractivity contribution is -0.161. The summed E-state index contributed by atoms with van der Waals surface area (Å²) in [6.07, 6.45) is 4.09. The topological polar surface area (TPSA) is 46.6 Å². The van der Waals surface area contributed by atoms with Crippen molar-refractivity contribution in [3.63, 3.8) is 0 Å². The molecule has 1 saturated carbocycles. The molecule has 4 nitrogen and oxygen atoms in total. The van der Waals surface area contributed by atoms with Crippen molar-refractivity contribution in [2.24, 2.45) is 11.3 Å². The molecule has 3 rings (SSSR count). The summed E-state index contributed by atoms with van der Waals surface area (Å²) < 4.78 is 5.38. The lowest BCUT2D eigenvalue weighted by Crippen LogP contribution is -2.52. The fourth-order valence-corrected chi connectivity index (χ4v) is 3.83. The number of hydrogen-bond acceptors (Lipinski definition) is 3. The van der Waals surface area contributed by atoms with Crippen LogP contribution < -0.4 is 0 Å². The Bertz CT molecular complexity index is 629. The third-order valence-corrected chi connectivity index (χ3v) is 5.19. The first-order valence-electron chi connectivity index (χ1n) is 8.74. The summed E-state index contributed by atoms with van der Waals surface area (Å²) in [4.78, 5) is 27.1. The average molecular weight is 350 g/mol. The Morgan fingerprint density at radius 3 is 2.83 bits per heavy atom. The molecular weight excluding hydrogens is 326 g/mol. The number of carbonyl (C=O) groups is 2. The van der Waals surface area contributed by atoms with E-state index in [1.54, 1.807) is 0 Å². The van der Waals surface area contributed by atoms with Crippen LogP contribution in [-0.2, 0) is 20.7 Å². The van der Waals surface area contributed by atoms with Crippen LogP contribution in [0.2, 0.25) is 5.02 Å². The molecular formula is C19H24ClNO3. The molecule has 1 amide bonds. The third kappa shape index (κ3) is 3.75. The van der Waals surface area contributed by atoms with Crippen LogP contribution in [0.1, 0.15) is 38.2 Å². The summed E-state index contributed by atoms with van der Waals surface area (Å²) in [5, 5.41) is 0.660. The normalized spacial score (nSPS) is 23.8. The first-order valence-corrected chi connectivity index (χ1v) is 9.12. The number of piperidine rings is 1. The molecule has 130 valence electrons. The lowest BCUT2D eigenvalue weighted by Gasteiger charge is -2.41. The van der Waals surface area contributed by atoms with Gasteiger partial charge in [0.05, 0.1) is 12.0 Å². The van der Waals surface area contributed by atoms with Crippen molar-refractivity contribution < 1.29 is 14.3 Å². The van der Waals surface area contributed by atoms with Crippen LogP contribution in [0.5, 0.6) is 0 Å². The zero-order chi connectivity index (χ0) is 17.2. The maximum absolute atomic E-state index is 12.8. The van der Waals surface area contributed by atoms with Crippen LogP contribution in [0, 0.1) is 11.3 Å². The number of esters is 1. The number of rotatable bonds is 5. The van der Waals surface area contributed by atoms with Crippen molar-refractivity contribution in [3.05, 3.63) is 34.9 Å². The van der Waals surface area contributed by atoms with Gasteiger partial charge >= 0.3 is 5.97 Å². The van der Waals surface area contributed by atoms with Gasteiger partial charge in [0, 0.05) is 24.0 Å². The van der Waals surface area contributed by atoms with Crippen molar-refractivity contribution in [2.75, 3.05) is 19.7 Å². The van der Waals surface area contributed by atoms with E-state index in [-0.39, 0.29) is 17.8 Å². The van der Waals surface area contributed by atoms with E-state index < -0.39 is 5.41 Å². The van der Waals surface area contributed by atoms with Gasteiger partial charge in [-0.05, 0) is 56.7 Å². The standard InChI is InChI=1S/C19H24ClNO3/c1-2-24-18(23)19(12-14-5-3-6-16(20)11-14)9-4-10-21(13-19)17(22)15-7-8-15/h3,5-6,11,15H,2,4,7-10,12-13H2,1H3/t19-/m1/s1. The molecule has 1 aliphatic heterocycles. The van der Waals surface area contributed by atoms with Crippen LogP contribution in [0.4, 0.5) is 0 Å². The number of ether oxygens (including phenoxy) is 1. The van der Waals surface area contributed by atoms with Crippen molar-refractivity contribution in [1.82, 2.24) is 4.90 Å². The molecule has 2 aliphatic rings. The van der Waals surface area contributed by atoms with Gasteiger partial charge in [-0.1, -0.05) is 23.7 Å². The zero-order valence-electron chi connectivity index (χ0n) is 14.1. The molecule has 1 aliphatic carbocycles. The quantitative estimate of drug-likeness (QED) is 0.765. The van der Waals surface area contributed by atoms with Gasteiger partial charge in [-0.15, -0.1) is 0 Å². The Morgan fingerprint density at radius 2 is 2.17 bits per heavy atom. The number of amides is 1. The van der Waals surface area contributed by atoms with Crippen molar-refractivity contribution in [2.45, 2.75) is 39.0 Å². The van der Waals surface area contributed by atoms with Crippen molar-refractivity contribution >= 4 is 23.5 Å². The summed E-state index contributed by atoms with van der Waals surface area (Å²) in [6.45, 7) is 3.37. The second kappa shape index (κ2) is 7.14. The highest BCUT2D eigenvalue weighted by Crippen LogP contribution is 2.38. The molecule has 0 radical (unpaired) electrons. The molecule has 0 unspecified atom stereocenters. The van der Waals surface area contributed by atoms with E-state index in [4.69, 9.17) is 16.3 Å². The summed E-state index contributed by atoms with van der Waals surface area (Å²) in [5.41, 5.74) is 0.347. The number of nitrogens with zero attached hydrogens (tertiary/aromatic N) is 1. The fraction of sp³-hybridized carbons (Fsp3) is 0.579. The van der Waals surface area contributed by atoms with Gasteiger partial charge in [0.15, 0.2) is 0 Å². The lowest BCUT2D eigenvalue weighted by atomic mass is 9.75. The first-order chi connectivity index (χ1) is 11.5. The number of halogens is 1. The molecule has 1 aromatic carbocycles. The highest BCUT2D eigenvalue weighted by atomic mass is 35.5. The Kier molecular flexibility index (Phi) is 5.14. The van der Waals surface area contributed by atoms with Crippen molar-refractivity contribution in [3.8, 4) is 0 Å². The number of hydrogen-bond donors (Lipinski definition) is 0. The summed E-state index contributed by atoms with van der Waals surface area (Å²) >= 11 is 6.10. The monoisotopic (exact) mass is 349 g/mol. The Labute approximate surface area is 148 Å². The van der Waals surface area contributed by atoms with Crippen LogP contribution in [0.25, 0.3) is 0 Å². The highest BCUT2D eigenvalue weighted by Gasteiger charge is 2.46. The van der Waals surface area contributed by atoms with Crippen molar-refractivity contribution in [1.29, 1.82) is 0 Å². The Morgan fingerprint density at radius 1 is 1.38 bits per heavy atom. The van der Waals surface area contributed by atoms with E-state index in [1.165, 1.54) is 0 Å². The first kappa shape index (κ1) is 17.3. The minimum Gasteiger partial charge on any atom is -0.466 e. The predicted molar refractivity (Wildman–Crippen MR) is 92.8 cm³/mol. The van der Waals surface area contributed by atoms with Gasteiger partial charge in [-0.25, -0.2) is 0 Å². The van der Waals surface area contributed by atoms with Crippen LogP contribution >= 0.6 is 11.6 Å². The Balaban J connectivity index is 1.84. The molecule has 0 aromatic heterocycles. The molecule has 1 aromatic rings. The highest BCUT2D eigenvalue weighted by molar-refractivity contribution is 6.30. The molecule has 1 atom stereocenters. The number of benzene rings is 1. The van der Waals surface area contributed by atoms with Crippen LogP contribution in [-0.4, -0.2) is 36.5 Å². The van der Waals surface area contributed by atoms with Gasteiger partial charge in [-0.3, -0.25) is 9.59 Å². The van der Waals surface area contributed by atoms with Gasteiger partial charge in [0.25, 0.3) is 0 Å². The maximum Gasteiger partial charge on any atom is 0.314 e. The van der Waals surface area contributed by atoms with E-state index >= 15 is 0 Å². The fourth-order valence-electron chi connectivity index (χ4n) is 3.61. The maximum atomic E-state index is 12.8. The number of carbonyl (C=O) groups excluding carboxylic acids is 2. The van der Waals surface area contributed by atoms with E-state index in [0.717, 1.165) is 37.8 Å². The Hall–Kier alpha value is -1.55. The van der Waals surface area contributed by atoms with Gasteiger partial charge in [-0.2, -0.15) is 0 Å². The summed E-state index contributed by atoms with van der Waals surface area (Å²) in [7, 11) is 0. The van der Waals surface area contributed by atoms with Crippen LogP contribution in [0.15, 0.2) is 24.3 Å². The molecule has 0 N–H and O–H groups in total. The summed E-state index contributed by atoms with van der Waals surface area (Å²) in [6, 6.07) is 7.59. The largest absolute Gasteiger partial charge is 0.466 e. The minimum absolute atomic E-state index is 0.175. The molecule has 1 saturated heterocycles. The zero-order valence-corrected chi connectivity index (χ0v) is 14.8. The average Bonchev–Trinajstić information content (AvgIpc) is 3.39. The minimum atomic E-state index is -0.663. The third-order valence-electron chi connectivity index (χ3n) is 4.96. The summed E-state index contributed by atoms with van der Waals surface area (Å²) in [5.74, 6) is 0.182. The second-order valence-corrected chi connectivity index (χ2v) is 7.38. The van der Waals surface area contributed by atoms with Gasteiger partial charge in [0.2, 0.25) is 5.91 Å². The molecule has 0 bridgehead atoms. The van der Waals surface area contributed by atoms with E-state index in [0.29, 0.717) is 24.6 Å². The molecule has 1 heterocycles. The van der Waals surface area contributed by atoms with Gasteiger partial charge in [0.1, 0.15) is 0 Å². The molecule has 2 fully saturated rings. The van der Waals surface area contributed by atoms with Crippen LogP contribution in [0.3, 0.4) is 0 Å². The predicted octanol–water partition coefficient (Wildman–Crippen LogP) is 3.46. The number of likely N-dealkylation sites (tertiary alicyclic amines) is 1. The molecule has 5 heteroatoms. The van der Waals surface area contributed by atoms with E-state index in [2.05, 4.69) is 0 Å². The van der Waals surface area contributed by atoms with Gasteiger partial charge < -0.3 is 9.64 Å². The van der Waals surface area contributed by atoms with E-state index in [1.807, 2.05) is 36.1 Å².